The van der Waals surface area contributed by atoms with E-state index in [-0.39, 0.29) is 6.03 Å². The van der Waals surface area contributed by atoms with E-state index in [0.29, 0.717) is 18.5 Å². The largest absolute Gasteiger partial charge is 0.335 e. The van der Waals surface area contributed by atoms with Crippen LogP contribution in [0.5, 0.6) is 0 Å². The van der Waals surface area contributed by atoms with Crippen molar-refractivity contribution in [3.63, 3.8) is 0 Å². The first-order chi connectivity index (χ1) is 11.5. The predicted molar refractivity (Wildman–Crippen MR) is 97.2 cm³/mol. The van der Waals surface area contributed by atoms with Crippen molar-refractivity contribution >= 4 is 16.8 Å². The van der Waals surface area contributed by atoms with Gasteiger partial charge in [-0.3, -0.25) is 4.21 Å². The second-order valence-electron chi connectivity index (χ2n) is 7.31. The molecule has 5 heteroatoms. The van der Waals surface area contributed by atoms with Crippen LogP contribution in [-0.4, -0.2) is 34.5 Å². The summed E-state index contributed by atoms with van der Waals surface area (Å²) in [6.07, 6.45) is 9.62. The highest BCUT2D eigenvalue weighted by molar-refractivity contribution is 7.84. The molecule has 132 valence electrons. The van der Waals surface area contributed by atoms with Gasteiger partial charge >= 0.3 is 6.03 Å². The van der Waals surface area contributed by atoms with Crippen molar-refractivity contribution in [2.24, 2.45) is 11.8 Å². The molecule has 0 radical (unpaired) electrons. The van der Waals surface area contributed by atoms with Gasteiger partial charge in [0.05, 0.1) is 0 Å². The van der Waals surface area contributed by atoms with E-state index in [1.54, 1.807) is 11.2 Å². The van der Waals surface area contributed by atoms with Crippen molar-refractivity contribution in [1.29, 1.82) is 0 Å². The normalized spacial score (nSPS) is 25.1. The van der Waals surface area contributed by atoms with Gasteiger partial charge in [-0.15, -0.1) is 0 Å². The number of hydrogen-bond acceptors (Lipinski definition) is 2. The summed E-state index contributed by atoms with van der Waals surface area (Å²) in [5, 5.41) is 3.19. The number of nitrogens with one attached hydrogen (secondary N) is 1. The Morgan fingerprint density at radius 3 is 2.50 bits per heavy atom. The Labute approximate surface area is 147 Å². The van der Waals surface area contributed by atoms with Crippen LogP contribution in [0.3, 0.4) is 0 Å². The average Bonchev–Trinajstić information content (AvgIpc) is 3.35. The molecule has 2 fully saturated rings. The van der Waals surface area contributed by atoms with E-state index in [4.69, 9.17) is 0 Å². The quantitative estimate of drug-likeness (QED) is 0.885. The number of urea groups is 1. The number of carbonyl (C=O) groups is 1. The van der Waals surface area contributed by atoms with Gasteiger partial charge in [0.1, 0.15) is 0 Å². The SMILES string of the molecule is CN(Cc1ccc(S(C)=O)cc1)C(=O)NC1CC1C1CCCCC1. The van der Waals surface area contributed by atoms with E-state index < -0.39 is 10.8 Å². The maximum absolute atomic E-state index is 12.4. The third-order valence-electron chi connectivity index (χ3n) is 5.43. The zero-order valence-electron chi connectivity index (χ0n) is 14.7. The van der Waals surface area contributed by atoms with E-state index in [9.17, 15) is 9.00 Å². The molecule has 0 aromatic heterocycles. The number of rotatable bonds is 5. The second kappa shape index (κ2) is 7.68. The third-order valence-corrected chi connectivity index (χ3v) is 6.36. The minimum absolute atomic E-state index is 0.0152. The first-order valence-corrected chi connectivity index (χ1v) is 10.5. The highest BCUT2D eigenvalue weighted by Gasteiger charge is 2.44. The van der Waals surface area contributed by atoms with Gasteiger partial charge in [-0.2, -0.15) is 0 Å². The number of hydrogen-bond donors (Lipinski definition) is 1. The fourth-order valence-corrected chi connectivity index (χ4v) is 4.38. The molecular weight excluding hydrogens is 320 g/mol. The van der Waals surface area contributed by atoms with Gasteiger partial charge in [0.2, 0.25) is 0 Å². The van der Waals surface area contributed by atoms with E-state index in [0.717, 1.165) is 22.8 Å². The standard InChI is InChI=1S/C19H28N2O2S/c1-21(13-14-8-10-16(11-9-14)24(2)23)19(22)20-18-12-17(18)15-6-4-3-5-7-15/h8-11,15,17-18H,3-7,12-13H2,1-2H3,(H,20,22). The fraction of sp³-hybridized carbons (Fsp3) is 0.632. The van der Waals surface area contributed by atoms with E-state index in [1.807, 2.05) is 31.3 Å². The molecule has 0 aliphatic heterocycles. The van der Waals surface area contributed by atoms with Crippen molar-refractivity contribution in [3.05, 3.63) is 29.8 Å². The monoisotopic (exact) mass is 348 g/mol. The van der Waals surface area contributed by atoms with Gasteiger partial charge in [-0.05, 0) is 36.0 Å². The maximum Gasteiger partial charge on any atom is 0.317 e. The van der Waals surface area contributed by atoms with Crippen LogP contribution >= 0.6 is 0 Å². The molecule has 3 unspecified atom stereocenters. The highest BCUT2D eigenvalue weighted by atomic mass is 32.2. The molecular formula is C19H28N2O2S. The van der Waals surface area contributed by atoms with Crippen molar-refractivity contribution in [2.75, 3.05) is 13.3 Å². The molecule has 1 aromatic carbocycles. The highest BCUT2D eigenvalue weighted by Crippen LogP contribution is 2.44. The molecule has 0 saturated heterocycles. The topological polar surface area (TPSA) is 49.4 Å². The van der Waals surface area contributed by atoms with Crippen molar-refractivity contribution in [3.8, 4) is 0 Å². The van der Waals surface area contributed by atoms with Crippen LogP contribution in [0.15, 0.2) is 29.2 Å². The molecule has 24 heavy (non-hydrogen) atoms. The third kappa shape index (κ3) is 4.38. The van der Waals surface area contributed by atoms with Crippen molar-refractivity contribution in [1.82, 2.24) is 10.2 Å². The zero-order valence-corrected chi connectivity index (χ0v) is 15.5. The first-order valence-electron chi connectivity index (χ1n) is 8.98. The minimum Gasteiger partial charge on any atom is -0.335 e. The summed E-state index contributed by atoms with van der Waals surface area (Å²) in [5.41, 5.74) is 1.06. The summed E-state index contributed by atoms with van der Waals surface area (Å²) in [5.74, 6) is 1.54. The molecule has 0 spiro atoms. The summed E-state index contributed by atoms with van der Waals surface area (Å²) in [6, 6.07) is 8.04. The summed E-state index contributed by atoms with van der Waals surface area (Å²) < 4.78 is 11.4. The van der Waals surface area contributed by atoms with Gasteiger partial charge in [0.15, 0.2) is 0 Å². The van der Waals surface area contributed by atoms with Crippen LogP contribution < -0.4 is 5.32 Å². The van der Waals surface area contributed by atoms with Crippen molar-refractivity contribution in [2.45, 2.75) is 56.0 Å². The number of benzene rings is 1. The molecule has 1 aromatic rings. The van der Waals surface area contributed by atoms with Crippen LogP contribution in [-0.2, 0) is 17.3 Å². The molecule has 3 atom stereocenters. The van der Waals surface area contributed by atoms with Gasteiger partial charge in [0, 0.05) is 41.6 Å². The molecule has 3 rings (SSSR count). The predicted octanol–water partition coefficient (Wildman–Crippen LogP) is 3.53. The first kappa shape index (κ1) is 17.5. The fourth-order valence-electron chi connectivity index (χ4n) is 3.86. The second-order valence-corrected chi connectivity index (χ2v) is 8.69. The van der Waals surface area contributed by atoms with Gasteiger partial charge in [-0.25, -0.2) is 4.79 Å². The lowest BCUT2D eigenvalue weighted by molar-refractivity contribution is 0.204. The number of carbonyl (C=O) groups excluding carboxylic acids is 1. The molecule has 2 aliphatic carbocycles. The van der Waals surface area contributed by atoms with Gasteiger partial charge in [0.25, 0.3) is 0 Å². The zero-order chi connectivity index (χ0) is 17.1. The van der Waals surface area contributed by atoms with Crippen molar-refractivity contribution < 1.29 is 9.00 Å². The van der Waals surface area contributed by atoms with Gasteiger partial charge < -0.3 is 10.2 Å². The molecule has 1 N–H and O–H groups in total. The van der Waals surface area contributed by atoms with Crippen LogP contribution in [0.1, 0.15) is 44.1 Å². The Morgan fingerprint density at radius 1 is 1.21 bits per heavy atom. The molecule has 4 nitrogen and oxygen atoms in total. The Hall–Kier alpha value is -1.36. The van der Waals surface area contributed by atoms with E-state index in [2.05, 4.69) is 5.32 Å². The lowest BCUT2D eigenvalue weighted by Crippen LogP contribution is -2.39. The molecule has 2 aliphatic rings. The Morgan fingerprint density at radius 2 is 1.88 bits per heavy atom. The summed E-state index contributed by atoms with van der Waals surface area (Å²) in [4.78, 5) is 14.9. The Bertz CT molecular complexity index is 596. The maximum atomic E-state index is 12.4. The molecule has 0 heterocycles. The number of nitrogens with zero attached hydrogens (tertiary/aromatic N) is 1. The minimum atomic E-state index is -0.958. The van der Waals surface area contributed by atoms with E-state index >= 15 is 0 Å². The number of amides is 2. The summed E-state index contributed by atoms with van der Waals surface area (Å²) in [6.45, 7) is 0.573. The van der Waals surface area contributed by atoms with Crippen LogP contribution in [0, 0.1) is 11.8 Å². The molecule has 2 amide bonds. The lowest BCUT2D eigenvalue weighted by atomic mass is 9.85. The van der Waals surface area contributed by atoms with E-state index in [1.165, 1.54) is 32.1 Å². The Balaban J connectivity index is 1.46. The lowest BCUT2D eigenvalue weighted by Gasteiger charge is -2.22. The van der Waals surface area contributed by atoms with Crippen LogP contribution in [0.4, 0.5) is 4.79 Å². The molecule has 0 bridgehead atoms. The average molecular weight is 349 g/mol. The smallest absolute Gasteiger partial charge is 0.317 e. The van der Waals surface area contributed by atoms with Crippen LogP contribution in [0.25, 0.3) is 0 Å². The summed E-state index contributed by atoms with van der Waals surface area (Å²) in [7, 11) is 0.875. The Kier molecular flexibility index (Phi) is 5.59. The van der Waals surface area contributed by atoms with Gasteiger partial charge in [-0.1, -0.05) is 44.2 Å². The molecule has 2 saturated carbocycles. The summed E-state index contributed by atoms with van der Waals surface area (Å²) >= 11 is 0. The van der Waals surface area contributed by atoms with Crippen LogP contribution in [0.2, 0.25) is 0 Å².